The molecule has 21 heavy (non-hydrogen) atoms. The number of ether oxygens (including phenoxy) is 1. The summed E-state index contributed by atoms with van der Waals surface area (Å²) in [6, 6.07) is 7.99. The van der Waals surface area contributed by atoms with Crippen LogP contribution in [-0.2, 0) is 11.8 Å². The van der Waals surface area contributed by atoms with Crippen LogP contribution in [0.3, 0.4) is 0 Å². The van der Waals surface area contributed by atoms with E-state index in [1.165, 1.54) is 5.56 Å². The van der Waals surface area contributed by atoms with E-state index in [4.69, 9.17) is 15.0 Å². The molecule has 1 aromatic heterocycles. The molecule has 0 saturated heterocycles. The lowest BCUT2D eigenvalue weighted by Gasteiger charge is -2.34. The first-order valence-corrected chi connectivity index (χ1v) is 7.16. The SMILES string of the molecule is CC(C)(N)C(C)(C)c1nc(C2Cc3ccccc3O2)no1. The Bertz CT molecular complexity index is 631. The van der Waals surface area contributed by atoms with Gasteiger partial charge in [0, 0.05) is 12.0 Å². The van der Waals surface area contributed by atoms with Crippen LogP contribution in [-0.4, -0.2) is 15.7 Å². The second kappa shape index (κ2) is 4.56. The highest BCUT2D eigenvalue weighted by Gasteiger charge is 2.41. The van der Waals surface area contributed by atoms with Crippen LogP contribution in [0.1, 0.15) is 51.1 Å². The number of hydrogen-bond acceptors (Lipinski definition) is 5. The van der Waals surface area contributed by atoms with E-state index in [0.717, 1.165) is 12.2 Å². The Balaban J connectivity index is 1.85. The number of nitrogens with two attached hydrogens (primary N) is 1. The molecule has 0 spiro atoms. The van der Waals surface area contributed by atoms with Crippen molar-refractivity contribution in [3.8, 4) is 5.75 Å². The average molecular weight is 287 g/mol. The molecule has 1 aliphatic rings. The molecule has 1 aliphatic heterocycles. The maximum absolute atomic E-state index is 6.22. The van der Waals surface area contributed by atoms with Crippen molar-refractivity contribution in [1.29, 1.82) is 0 Å². The second-order valence-electron chi connectivity index (χ2n) is 6.72. The van der Waals surface area contributed by atoms with Crippen molar-refractivity contribution in [2.45, 2.75) is 51.2 Å². The molecule has 2 heterocycles. The van der Waals surface area contributed by atoms with E-state index in [-0.39, 0.29) is 6.10 Å². The fourth-order valence-electron chi connectivity index (χ4n) is 2.22. The molecule has 0 bridgehead atoms. The van der Waals surface area contributed by atoms with E-state index >= 15 is 0 Å². The zero-order chi connectivity index (χ0) is 15.3. The molecule has 112 valence electrons. The van der Waals surface area contributed by atoms with Gasteiger partial charge in [-0.05, 0) is 39.3 Å². The van der Waals surface area contributed by atoms with Gasteiger partial charge in [-0.3, -0.25) is 0 Å². The molecular weight excluding hydrogens is 266 g/mol. The molecule has 0 fully saturated rings. The molecule has 3 rings (SSSR count). The number of benzene rings is 1. The number of rotatable bonds is 3. The number of nitrogens with zero attached hydrogens (tertiary/aromatic N) is 2. The molecule has 1 atom stereocenters. The zero-order valence-electron chi connectivity index (χ0n) is 12.9. The molecule has 2 N–H and O–H groups in total. The standard InChI is InChI=1S/C16H21N3O2/c1-15(2,16(3,4)17)14-18-13(19-21-14)12-9-10-7-5-6-8-11(10)20-12/h5-8,12H,9,17H2,1-4H3. The molecule has 0 saturated carbocycles. The van der Waals surface area contributed by atoms with E-state index in [1.807, 2.05) is 45.9 Å². The van der Waals surface area contributed by atoms with E-state index in [9.17, 15) is 0 Å². The highest BCUT2D eigenvalue weighted by atomic mass is 16.5. The first-order chi connectivity index (χ1) is 9.79. The Hall–Kier alpha value is -1.88. The van der Waals surface area contributed by atoms with Crippen molar-refractivity contribution in [3.63, 3.8) is 0 Å². The van der Waals surface area contributed by atoms with E-state index in [2.05, 4.69) is 16.2 Å². The minimum absolute atomic E-state index is 0.184. The lowest BCUT2D eigenvalue weighted by Crippen LogP contribution is -2.50. The summed E-state index contributed by atoms with van der Waals surface area (Å²) in [5.41, 5.74) is 6.52. The van der Waals surface area contributed by atoms with Crippen molar-refractivity contribution in [2.24, 2.45) is 5.73 Å². The molecule has 0 aliphatic carbocycles. The summed E-state index contributed by atoms with van der Waals surface area (Å²) in [6.07, 6.45) is 0.582. The number of hydrogen-bond donors (Lipinski definition) is 1. The van der Waals surface area contributed by atoms with Crippen LogP contribution in [0.5, 0.6) is 5.75 Å². The molecule has 2 aromatic rings. The first-order valence-electron chi connectivity index (χ1n) is 7.16. The monoisotopic (exact) mass is 287 g/mol. The third kappa shape index (κ3) is 2.31. The Morgan fingerprint density at radius 2 is 1.90 bits per heavy atom. The van der Waals surface area contributed by atoms with Gasteiger partial charge in [-0.2, -0.15) is 4.98 Å². The fourth-order valence-corrected chi connectivity index (χ4v) is 2.22. The minimum atomic E-state index is -0.462. The summed E-state index contributed by atoms with van der Waals surface area (Å²) in [5, 5.41) is 4.09. The van der Waals surface area contributed by atoms with Crippen LogP contribution in [0.15, 0.2) is 28.8 Å². The number of para-hydroxylation sites is 1. The second-order valence-corrected chi connectivity index (χ2v) is 6.72. The Morgan fingerprint density at radius 1 is 1.19 bits per heavy atom. The van der Waals surface area contributed by atoms with Crippen LogP contribution in [0.4, 0.5) is 0 Å². The minimum Gasteiger partial charge on any atom is -0.482 e. The molecular formula is C16H21N3O2. The van der Waals surface area contributed by atoms with E-state index in [0.29, 0.717) is 11.7 Å². The Morgan fingerprint density at radius 3 is 2.57 bits per heavy atom. The van der Waals surface area contributed by atoms with Gasteiger partial charge < -0.3 is 15.0 Å². The fraction of sp³-hybridized carbons (Fsp3) is 0.500. The first kappa shape index (κ1) is 14.1. The largest absolute Gasteiger partial charge is 0.482 e. The third-order valence-electron chi connectivity index (χ3n) is 4.52. The molecule has 5 heteroatoms. The highest BCUT2D eigenvalue weighted by molar-refractivity contribution is 5.38. The van der Waals surface area contributed by atoms with Crippen molar-refractivity contribution >= 4 is 0 Å². The molecule has 1 unspecified atom stereocenters. The van der Waals surface area contributed by atoms with Crippen LogP contribution >= 0.6 is 0 Å². The van der Waals surface area contributed by atoms with Gasteiger partial charge in [0.2, 0.25) is 11.7 Å². The van der Waals surface area contributed by atoms with Gasteiger partial charge in [-0.25, -0.2) is 0 Å². The average Bonchev–Trinajstić information content (AvgIpc) is 3.04. The van der Waals surface area contributed by atoms with Crippen molar-refractivity contribution in [1.82, 2.24) is 10.1 Å². The van der Waals surface area contributed by atoms with Gasteiger partial charge in [-0.15, -0.1) is 0 Å². The Kier molecular flexibility index (Phi) is 3.06. The molecule has 5 nitrogen and oxygen atoms in total. The summed E-state index contributed by atoms with van der Waals surface area (Å²) < 4.78 is 11.3. The van der Waals surface area contributed by atoms with Crippen molar-refractivity contribution in [2.75, 3.05) is 0 Å². The summed E-state index contributed by atoms with van der Waals surface area (Å²) in [5.74, 6) is 2.02. The Labute approximate surface area is 124 Å². The topological polar surface area (TPSA) is 74.2 Å². The summed E-state index contributed by atoms with van der Waals surface area (Å²) in [4.78, 5) is 4.53. The van der Waals surface area contributed by atoms with Gasteiger partial charge >= 0.3 is 0 Å². The van der Waals surface area contributed by atoms with Gasteiger partial charge in [-0.1, -0.05) is 23.4 Å². The van der Waals surface area contributed by atoms with E-state index < -0.39 is 11.0 Å². The van der Waals surface area contributed by atoms with Gasteiger partial charge in [0.15, 0.2) is 6.10 Å². The maximum atomic E-state index is 6.22. The van der Waals surface area contributed by atoms with E-state index in [1.54, 1.807) is 0 Å². The zero-order valence-corrected chi connectivity index (χ0v) is 12.9. The number of aromatic nitrogens is 2. The van der Waals surface area contributed by atoms with Crippen LogP contribution in [0.25, 0.3) is 0 Å². The normalized spacial score (nSPS) is 18.4. The van der Waals surface area contributed by atoms with Crippen LogP contribution < -0.4 is 10.5 Å². The molecule has 0 radical (unpaired) electrons. The number of fused-ring (bicyclic) bond motifs is 1. The maximum Gasteiger partial charge on any atom is 0.234 e. The summed E-state index contributed by atoms with van der Waals surface area (Å²) >= 11 is 0. The lowest BCUT2D eigenvalue weighted by atomic mass is 9.75. The highest BCUT2D eigenvalue weighted by Crippen LogP contribution is 2.37. The molecule has 0 amide bonds. The predicted octanol–water partition coefficient (Wildman–Crippen LogP) is 2.76. The summed E-state index contributed by atoms with van der Waals surface area (Å²) in [7, 11) is 0. The van der Waals surface area contributed by atoms with Gasteiger partial charge in [0.1, 0.15) is 5.75 Å². The van der Waals surface area contributed by atoms with Gasteiger partial charge in [0.25, 0.3) is 0 Å². The van der Waals surface area contributed by atoms with Crippen LogP contribution in [0.2, 0.25) is 0 Å². The van der Waals surface area contributed by atoms with Crippen molar-refractivity contribution in [3.05, 3.63) is 41.5 Å². The molecule has 1 aromatic carbocycles. The lowest BCUT2D eigenvalue weighted by molar-refractivity contribution is 0.211. The van der Waals surface area contributed by atoms with Crippen molar-refractivity contribution < 1.29 is 9.26 Å². The van der Waals surface area contributed by atoms with Crippen LogP contribution in [0, 0.1) is 0 Å². The quantitative estimate of drug-likeness (QED) is 0.939. The predicted molar refractivity (Wildman–Crippen MR) is 79.1 cm³/mol. The summed E-state index contributed by atoms with van der Waals surface area (Å²) in [6.45, 7) is 7.93. The van der Waals surface area contributed by atoms with Gasteiger partial charge in [0.05, 0.1) is 5.41 Å². The smallest absolute Gasteiger partial charge is 0.234 e. The third-order valence-corrected chi connectivity index (χ3v) is 4.52.